The Labute approximate surface area is 144 Å². The van der Waals surface area contributed by atoms with Crippen molar-refractivity contribution in [2.45, 2.75) is 43.4 Å². The summed E-state index contributed by atoms with van der Waals surface area (Å²) in [4.78, 5) is 4.52. The van der Waals surface area contributed by atoms with Crippen molar-refractivity contribution in [3.63, 3.8) is 0 Å². The number of hydrogen-bond donors (Lipinski definition) is 1. The average Bonchev–Trinajstić information content (AvgIpc) is 3.43. The molecule has 2 fully saturated rings. The zero-order chi connectivity index (χ0) is 16.8. The molecule has 7 heteroatoms. The lowest BCUT2D eigenvalue weighted by Crippen LogP contribution is -2.35. The van der Waals surface area contributed by atoms with E-state index < -0.39 is 10.0 Å². The molecule has 24 heavy (non-hydrogen) atoms. The molecule has 0 radical (unpaired) electrons. The van der Waals surface area contributed by atoms with E-state index in [0.717, 1.165) is 51.4 Å². The molecule has 1 N–H and O–H groups in total. The highest BCUT2D eigenvalue weighted by molar-refractivity contribution is 7.89. The molecule has 1 saturated heterocycles. The van der Waals surface area contributed by atoms with Gasteiger partial charge in [-0.05, 0) is 50.2 Å². The van der Waals surface area contributed by atoms with E-state index >= 15 is 0 Å². The zero-order valence-corrected chi connectivity index (χ0v) is 14.9. The topological polar surface area (TPSA) is 71.5 Å². The van der Waals surface area contributed by atoms with Gasteiger partial charge in [-0.25, -0.2) is 13.4 Å². The maximum absolute atomic E-state index is 12.5. The van der Waals surface area contributed by atoms with E-state index in [2.05, 4.69) is 10.3 Å². The molecule has 3 rings (SSSR count). The van der Waals surface area contributed by atoms with Crippen LogP contribution in [-0.4, -0.2) is 50.6 Å². The summed E-state index contributed by atoms with van der Waals surface area (Å²) in [5.74, 6) is 1.50. The molecule has 1 aromatic heterocycles. The quantitative estimate of drug-likeness (QED) is 0.691. The standard InChI is InChI=1S/C17H27N3O3S/c21-24(22,20-10-2-1-3-11-20)16-7-8-17(19-13-16)18-9-4-12-23-14-15-5-6-15/h7-8,13,15H,1-6,9-12,14H2,(H,18,19). The molecular weight excluding hydrogens is 326 g/mol. The molecule has 0 spiro atoms. The number of sulfonamides is 1. The molecule has 1 aliphatic carbocycles. The summed E-state index contributed by atoms with van der Waals surface area (Å²) in [6.45, 7) is 3.65. The molecule has 134 valence electrons. The van der Waals surface area contributed by atoms with Gasteiger partial charge >= 0.3 is 0 Å². The van der Waals surface area contributed by atoms with Gasteiger partial charge in [-0.2, -0.15) is 4.31 Å². The van der Waals surface area contributed by atoms with Crippen molar-refractivity contribution in [2.24, 2.45) is 5.92 Å². The van der Waals surface area contributed by atoms with Gasteiger partial charge in [0.15, 0.2) is 0 Å². The summed E-state index contributed by atoms with van der Waals surface area (Å²) >= 11 is 0. The van der Waals surface area contributed by atoms with E-state index in [1.807, 2.05) is 0 Å². The third-order valence-electron chi connectivity index (χ3n) is 4.51. The molecular formula is C17H27N3O3S. The number of nitrogens with zero attached hydrogens (tertiary/aromatic N) is 2. The molecule has 2 heterocycles. The van der Waals surface area contributed by atoms with Gasteiger partial charge in [0.2, 0.25) is 10.0 Å². The zero-order valence-electron chi connectivity index (χ0n) is 14.1. The van der Waals surface area contributed by atoms with Crippen molar-refractivity contribution in [3.05, 3.63) is 18.3 Å². The van der Waals surface area contributed by atoms with Crippen molar-refractivity contribution in [1.82, 2.24) is 9.29 Å². The van der Waals surface area contributed by atoms with Crippen molar-refractivity contribution in [3.8, 4) is 0 Å². The number of rotatable bonds is 9. The van der Waals surface area contributed by atoms with Gasteiger partial charge in [0.25, 0.3) is 0 Å². The molecule has 1 aliphatic heterocycles. The Morgan fingerprint density at radius 1 is 1.21 bits per heavy atom. The first-order valence-electron chi connectivity index (χ1n) is 8.94. The third kappa shape index (κ3) is 4.91. The number of ether oxygens (including phenoxy) is 1. The Hall–Kier alpha value is -1.18. The first-order chi connectivity index (χ1) is 11.7. The number of piperidine rings is 1. The van der Waals surface area contributed by atoms with Crippen molar-refractivity contribution < 1.29 is 13.2 Å². The molecule has 1 saturated carbocycles. The van der Waals surface area contributed by atoms with E-state index in [-0.39, 0.29) is 4.90 Å². The van der Waals surface area contributed by atoms with Crippen LogP contribution in [0.5, 0.6) is 0 Å². The second-order valence-electron chi connectivity index (χ2n) is 6.64. The van der Waals surface area contributed by atoms with Crippen molar-refractivity contribution in [2.75, 3.05) is 38.2 Å². The van der Waals surface area contributed by atoms with E-state index in [0.29, 0.717) is 18.9 Å². The van der Waals surface area contributed by atoms with Gasteiger partial charge < -0.3 is 10.1 Å². The Morgan fingerprint density at radius 2 is 2.00 bits per heavy atom. The van der Waals surface area contributed by atoms with Crippen LogP contribution in [-0.2, 0) is 14.8 Å². The van der Waals surface area contributed by atoms with Crippen LogP contribution < -0.4 is 5.32 Å². The van der Waals surface area contributed by atoms with Crippen LogP contribution in [0.2, 0.25) is 0 Å². The lowest BCUT2D eigenvalue weighted by molar-refractivity contribution is 0.124. The summed E-state index contributed by atoms with van der Waals surface area (Å²) in [5, 5.41) is 3.21. The van der Waals surface area contributed by atoms with Crippen molar-refractivity contribution in [1.29, 1.82) is 0 Å². The molecule has 6 nitrogen and oxygen atoms in total. The van der Waals surface area contributed by atoms with Gasteiger partial charge in [-0.15, -0.1) is 0 Å². The first kappa shape index (κ1) is 17.6. The van der Waals surface area contributed by atoms with Crippen LogP contribution in [0.1, 0.15) is 38.5 Å². The number of pyridine rings is 1. The smallest absolute Gasteiger partial charge is 0.244 e. The van der Waals surface area contributed by atoms with Gasteiger partial charge in [0, 0.05) is 39.0 Å². The fraction of sp³-hybridized carbons (Fsp3) is 0.706. The highest BCUT2D eigenvalue weighted by Gasteiger charge is 2.26. The van der Waals surface area contributed by atoms with Gasteiger partial charge in [-0.3, -0.25) is 0 Å². The van der Waals surface area contributed by atoms with Crippen LogP contribution in [0, 0.1) is 5.92 Å². The lowest BCUT2D eigenvalue weighted by atomic mass is 10.2. The van der Waals surface area contributed by atoms with Gasteiger partial charge in [0.1, 0.15) is 10.7 Å². The molecule has 2 aliphatic rings. The molecule has 1 aromatic rings. The Balaban J connectivity index is 1.43. The lowest BCUT2D eigenvalue weighted by Gasteiger charge is -2.25. The molecule has 0 unspecified atom stereocenters. The summed E-state index contributed by atoms with van der Waals surface area (Å²) in [6, 6.07) is 3.38. The highest BCUT2D eigenvalue weighted by Crippen LogP contribution is 2.28. The SMILES string of the molecule is O=S(=O)(c1ccc(NCCCOCC2CC2)nc1)N1CCCCC1. The Morgan fingerprint density at radius 3 is 2.67 bits per heavy atom. The second kappa shape index (κ2) is 8.27. The summed E-state index contributed by atoms with van der Waals surface area (Å²) in [7, 11) is -3.39. The van der Waals surface area contributed by atoms with Gasteiger partial charge in [0.05, 0.1) is 0 Å². The Kier molecular flexibility index (Phi) is 6.08. The summed E-state index contributed by atoms with van der Waals surface area (Å²) in [6.07, 6.45) is 7.99. The predicted octanol–water partition coefficient (Wildman–Crippen LogP) is 2.48. The van der Waals surface area contributed by atoms with Gasteiger partial charge in [-0.1, -0.05) is 6.42 Å². The van der Waals surface area contributed by atoms with Crippen LogP contribution in [0.15, 0.2) is 23.2 Å². The fourth-order valence-corrected chi connectivity index (χ4v) is 4.28. The Bertz CT molecular complexity index is 608. The summed E-state index contributed by atoms with van der Waals surface area (Å²) < 4.78 is 32.2. The van der Waals surface area contributed by atoms with Crippen LogP contribution in [0.4, 0.5) is 5.82 Å². The normalized spacial score (nSPS) is 19.3. The van der Waals surface area contributed by atoms with E-state index in [1.54, 1.807) is 16.4 Å². The van der Waals surface area contributed by atoms with Crippen LogP contribution in [0.3, 0.4) is 0 Å². The van der Waals surface area contributed by atoms with Crippen LogP contribution >= 0.6 is 0 Å². The molecule has 0 bridgehead atoms. The average molecular weight is 353 g/mol. The monoisotopic (exact) mass is 353 g/mol. The number of nitrogens with one attached hydrogen (secondary N) is 1. The minimum absolute atomic E-state index is 0.280. The number of aromatic nitrogens is 1. The predicted molar refractivity (Wildman–Crippen MR) is 93.5 cm³/mol. The molecule has 0 amide bonds. The highest BCUT2D eigenvalue weighted by atomic mass is 32.2. The maximum atomic E-state index is 12.5. The van der Waals surface area contributed by atoms with E-state index in [4.69, 9.17) is 4.74 Å². The van der Waals surface area contributed by atoms with E-state index in [9.17, 15) is 8.42 Å². The molecule has 0 aromatic carbocycles. The number of hydrogen-bond acceptors (Lipinski definition) is 5. The summed E-state index contributed by atoms with van der Waals surface area (Å²) in [5.41, 5.74) is 0. The molecule has 0 atom stereocenters. The van der Waals surface area contributed by atoms with Crippen LogP contribution in [0.25, 0.3) is 0 Å². The minimum atomic E-state index is -3.39. The fourth-order valence-electron chi connectivity index (χ4n) is 2.82. The minimum Gasteiger partial charge on any atom is -0.381 e. The van der Waals surface area contributed by atoms with E-state index in [1.165, 1.54) is 19.0 Å². The second-order valence-corrected chi connectivity index (χ2v) is 8.58. The largest absolute Gasteiger partial charge is 0.381 e. The van der Waals surface area contributed by atoms with Crippen molar-refractivity contribution >= 4 is 15.8 Å². The third-order valence-corrected chi connectivity index (χ3v) is 6.39. The first-order valence-corrected chi connectivity index (χ1v) is 10.4. The number of anilines is 1. The maximum Gasteiger partial charge on any atom is 0.244 e.